The van der Waals surface area contributed by atoms with Crippen LogP contribution in [0.4, 0.5) is 5.82 Å². The molecule has 0 unspecified atom stereocenters. The van der Waals surface area contributed by atoms with E-state index in [0.29, 0.717) is 4.90 Å². The van der Waals surface area contributed by atoms with Gasteiger partial charge < -0.3 is 19.6 Å². The molecule has 0 bridgehead atoms. The molecule has 0 saturated carbocycles. The Bertz CT molecular complexity index is 1030. The van der Waals surface area contributed by atoms with Crippen molar-refractivity contribution < 1.29 is 15.8 Å². The molecule has 0 spiro atoms. The molecule has 2 aromatic heterocycles. The summed E-state index contributed by atoms with van der Waals surface area (Å²) in [5.74, 6) is -3.49. The Morgan fingerprint density at radius 2 is 2.61 bits per heavy atom. The first-order valence-electron chi connectivity index (χ1n) is 11.0. The lowest BCUT2D eigenvalue weighted by Crippen LogP contribution is -2.53. The zero-order valence-electron chi connectivity index (χ0n) is 20.2. The average Bonchev–Trinajstić information content (AvgIpc) is 3.12. The molecule has 23 heavy (non-hydrogen) atoms. The summed E-state index contributed by atoms with van der Waals surface area (Å²) in [5, 5.41) is 0.225. The molecule has 0 aromatic carbocycles. The third kappa shape index (κ3) is 2.84. The molecule has 1 saturated heterocycles. The molecule has 1 amide bonds. The van der Waals surface area contributed by atoms with E-state index < -0.39 is 51.2 Å². The van der Waals surface area contributed by atoms with Gasteiger partial charge in [0.2, 0.25) is 0 Å². The van der Waals surface area contributed by atoms with Crippen LogP contribution >= 0.6 is 0 Å². The van der Waals surface area contributed by atoms with Gasteiger partial charge in [0.25, 0.3) is 6.54 Å². The molecule has 2 atom stereocenters. The summed E-state index contributed by atoms with van der Waals surface area (Å²) < 4.78 is 66.1. The molecule has 7 heteroatoms. The van der Waals surface area contributed by atoms with E-state index in [2.05, 4.69) is 19.8 Å². The van der Waals surface area contributed by atoms with Crippen LogP contribution in [0.15, 0.2) is 18.6 Å². The average molecular weight is 320 g/mol. The number of fused-ring (bicyclic) bond motifs is 1. The summed E-state index contributed by atoms with van der Waals surface area (Å²) in [6.07, 6.45) is 2.08. The summed E-state index contributed by atoms with van der Waals surface area (Å²) in [6, 6.07) is -1.16. The number of aromatic nitrogens is 3. The Morgan fingerprint density at radius 1 is 1.70 bits per heavy atom. The molecule has 120 valence electrons. The second-order valence-corrected chi connectivity index (χ2v) is 5.08. The molecule has 0 radical (unpaired) electrons. The number of hydrogen-bond acceptors (Lipinski definition) is 4. The Kier molecular flexibility index (Phi) is 2.25. The molecule has 1 aliphatic heterocycles. The van der Waals surface area contributed by atoms with E-state index in [1.807, 2.05) is 0 Å². The Morgan fingerprint density at radius 3 is 3.39 bits per heavy atom. The van der Waals surface area contributed by atoms with Gasteiger partial charge in [0.1, 0.15) is 17.8 Å². The van der Waals surface area contributed by atoms with Gasteiger partial charge in [-0.05, 0) is 18.4 Å². The van der Waals surface area contributed by atoms with Crippen molar-refractivity contribution in [2.75, 3.05) is 31.5 Å². The Hall–Kier alpha value is -2.62. The summed E-state index contributed by atoms with van der Waals surface area (Å²) in [7, 11) is 0. The number of H-pyrrole nitrogens is 1. The van der Waals surface area contributed by atoms with Crippen LogP contribution in [-0.4, -0.2) is 58.4 Å². The first kappa shape index (κ1) is 8.29. The lowest BCUT2D eigenvalue weighted by Gasteiger charge is -2.41. The lowest BCUT2D eigenvalue weighted by atomic mass is 9.92. The normalized spacial score (nSPS) is 33.8. The molecule has 1 fully saturated rings. The Balaban J connectivity index is 2.26. The number of rotatable bonds is 3. The molecular formula is C16H20N6O. The highest BCUT2D eigenvalue weighted by Crippen LogP contribution is 2.28. The van der Waals surface area contributed by atoms with E-state index in [9.17, 15) is 4.79 Å². The van der Waals surface area contributed by atoms with Gasteiger partial charge in [0.05, 0.1) is 12.8 Å². The highest BCUT2D eigenvalue weighted by Gasteiger charge is 2.33. The number of carbonyl (C=O) groups excluding carboxylic acids is 1. The number of carbonyl (C=O) groups is 1. The van der Waals surface area contributed by atoms with Crippen molar-refractivity contribution in [3.05, 3.63) is 30.0 Å². The van der Waals surface area contributed by atoms with Crippen molar-refractivity contribution in [1.29, 1.82) is 0 Å². The monoisotopic (exact) mass is 320 g/mol. The van der Waals surface area contributed by atoms with Gasteiger partial charge in [-0.25, -0.2) is 16.5 Å². The molecular weight excluding hydrogens is 292 g/mol. The van der Waals surface area contributed by atoms with Crippen molar-refractivity contribution in [3.8, 4) is 0 Å². The topological polar surface area (TPSA) is 69.5 Å². The molecule has 3 heterocycles. The molecule has 2 aromatic rings. The van der Waals surface area contributed by atoms with E-state index in [-0.39, 0.29) is 23.4 Å². The fourth-order valence-corrected chi connectivity index (χ4v) is 2.50. The van der Waals surface area contributed by atoms with Crippen LogP contribution in [0.3, 0.4) is 0 Å². The van der Waals surface area contributed by atoms with Crippen LogP contribution in [0, 0.1) is 12.5 Å². The smallest absolute Gasteiger partial charge is 0.302 e. The van der Waals surface area contributed by atoms with Crippen molar-refractivity contribution >= 4 is 22.8 Å². The van der Waals surface area contributed by atoms with Crippen molar-refractivity contribution in [3.63, 3.8) is 0 Å². The number of anilines is 1. The van der Waals surface area contributed by atoms with E-state index in [1.165, 1.54) is 12.3 Å². The minimum Gasteiger partial charge on any atom is -0.354 e. The second-order valence-electron chi connectivity index (χ2n) is 5.08. The van der Waals surface area contributed by atoms with Crippen LogP contribution < -0.4 is 4.90 Å². The molecule has 7 nitrogen and oxygen atoms in total. The van der Waals surface area contributed by atoms with Crippen molar-refractivity contribution in [1.82, 2.24) is 19.9 Å². The second kappa shape index (κ2) is 6.24. The first-order chi connectivity index (χ1) is 14.3. The number of nitrogens with zero attached hydrogens (tertiary/aromatic N) is 5. The van der Waals surface area contributed by atoms with Crippen molar-refractivity contribution in [2.24, 2.45) is 5.89 Å². The number of likely N-dealkylation sites (tertiary alicyclic amines) is 1. The fourth-order valence-electron chi connectivity index (χ4n) is 2.50. The number of amides is 1. The lowest BCUT2D eigenvalue weighted by molar-refractivity contribution is -0.130. The third-order valence-corrected chi connectivity index (χ3v) is 3.70. The maximum Gasteiger partial charge on any atom is 0.302 e. The largest absolute Gasteiger partial charge is 0.354 e. The van der Waals surface area contributed by atoms with Gasteiger partial charge >= 0.3 is 5.91 Å². The van der Waals surface area contributed by atoms with Gasteiger partial charge in [-0.1, -0.05) is 6.85 Å². The van der Waals surface area contributed by atoms with Gasteiger partial charge in [-0.15, -0.1) is 0 Å². The fraction of sp³-hybridized carbons (Fsp3) is 0.500. The van der Waals surface area contributed by atoms with Gasteiger partial charge in [0, 0.05) is 35.9 Å². The zero-order valence-corrected chi connectivity index (χ0v) is 12.2. The summed E-state index contributed by atoms with van der Waals surface area (Å²) in [4.78, 5) is 27.8. The highest BCUT2D eigenvalue weighted by atomic mass is 16.2. The molecule has 0 aliphatic carbocycles. The van der Waals surface area contributed by atoms with Gasteiger partial charge in [-0.3, -0.25) is 4.79 Å². The van der Waals surface area contributed by atoms with Crippen LogP contribution in [0.1, 0.15) is 24.2 Å². The first-order valence-corrected chi connectivity index (χ1v) is 6.96. The summed E-state index contributed by atoms with van der Waals surface area (Å²) in [6.45, 7) is -0.634. The summed E-state index contributed by atoms with van der Waals surface area (Å²) in [5.41, 5.74) is 0.268. The minimum atomic E-state index is -3.08. The quantitative estimate of drug-likeness (QED) is 0.871. The molecule has 1 aliphatic rings. The molecule has 1 N–H and O–H groups in total. The zero-order chi connectivity index (χ0) is 23.2. The number of piperidine rings is 1. The van der Waals surface area contributed by atoms with Crippen LogP contribution in [0.2, 0.25) is 0 Å². The minimum absolute atomic E-state index is 0.185. The van der Waals surface area contributed by atoms with E-state index >= 15 is 0 Å². The number of aromatic amines is 1. The standard InChI is InChI=1S/C16H20N6O/c1-11-5-7-22(14(23)8-17-2)9-13(11)21(3)16-12-4-6-18-15(12)19-10-20-16/h4,6,10-11,13H,5,7-9H2,1,3H3,(H,18,19,20)/t11-,13+/m1/s1/i1D3,3D3,11D,13D. The van der Waals surface area contributed by atoms with E-state index in [1.54, 1.807) is 0 Å². The van der Waals surface area contributed by atoms with Gasteiger partial charge in [0.15, 0.2) is 0 Å². The number of nitrogens with one attached hydrogen (secondary N) is 1. The SMILES string of the molecule is [2H]C([2H])([2H])N(c1ncnc2[nH]ccc12)[C@@]1([2H])CN(C(=O)C[N+]#[C-])CC[C@@]1([2H])C([2H])([2H])[2H]. The van der Waals surface area contributed by atoms with Gasteiger partial charge in [-0.2, -0.15) is 0 Å². The predicted octanol–water partition coefficient (Wildman–Crippen LogP) is 1.55. The van der Waals surface area contributed by atoms with Crippen molar-refractivity contribution in [2.45, 2.75) is 19.3 Å². The maximum atomic E-state index is 12.4. The summed E-state index contributed by atoms with van der Waals surface area (Å²) >= 11 is 0. The van der Waals surface area contributed by atoms with E-state index in [0.717, 1.165) is 11.2 Å². The molecule has 3 rings (SSSR count). The van der Waals surface area contributed by atoms with Crippen LogP contribution in [0.25, 0.3) is 15.9 Å². The predicted molar refractivity (Wildman–Crippen MR) is 87.9 cm³/mol. The van der Waals surface area contributed by atoms with E-state index in [4.69, 9.17) is 17.5 Å². The number of likely N-dealkylation sites (N-methyl/N-ethyl adjacent to an activating group) is 1. The van der Waals surface area contributed by atoms with Crippen LogP contribution in [0.5, 0.6) is 0 Å². The van der Waals surface area contributed by atoms with Crippen LogP contribution in [-0.2, 0) is 4.79 Å². The third-order valence-electron chi connectivity index (χ3n) is 3.70. The highest BCUT2D eigenvalue weighted by molar-refractivity contribution is 5.87. The number of hydrogen-bond donors (Lipinski definition) is 1. The maximum absolute atomic E-state index is 12.4. The Labute approximate surface area is 146 Å².